The Morgan fingerprint density at radius 2 is 1.38 bits per heavy atom. The maximum Gasteiger partial charge on any atom is 0.454 e. The number of carbonyl (C=O) groups is 1. The monoisotopic (exact) mass is 318 g/mol. The van der Waals surface area contributed by atoms with Gasteiger partial charge in [-0.1, -0.05) is 0 Å². The smallest absolute Gasteiger partial charge is 0.285 e. The van der Waals surface area contributed by atoms with Gasteiger partial charge in [-0.2, -0.15) is 26.3 Å². The number of rotatable bonds is 1. The molecule has 0 aliphatic heterocycles. The van der Waals surface area contributed by atoms with Crippen molar-refractivity contribution >= 4 is 28.4 Å². The van der Waals surface area contributed by atoms with Crippen LogP contribution in [0.15, 0.2) is 9.66 Å². The van der Waals surface area contributed by atoms with Gasteiger partial charge in [-0.15, -0.1) is 0 Å². The minimum atomic E-state index is -5.26. The zero-order chi connectivity index (χ0) is 10.9. The average Bonchev–Trinajstić information content (AvgIpc) is 1.82. The van der Waals surface area contributed by atoms with E-state index in [9.17, 15) is 31.1 Å². The first-order valence-electron chi connectivity index (χ1n) is 2.60. The van der Waals surface area contributed by atoms with Gasteiger partial charge in [-0.25, -0.2) is 0 Å². The maximum atomic E-state index is 11.6. The van der Waals surface area contributed by atoms with Crippen LogP contribution in [0.4, 0.5) is 26.3 Å². The SMILES string of the molecule is O=C(/C=C(\I)C(F)(F)F)C(F)(F)F. The third kappa shape index (κ3) is 4.48. The molecule has 0 aromatic heterocycles. The van der Waals surface area contributed by atoms with Gasteiger partial charge in [0.25, 0.3) is 5.78 Å². The Kier molecular flexibility index (Phi) is 3.76. The molecule has 0 aromatic carbocycles. The van der Waals surface area contributed by atoms with Gasteiger partial charge in [0.2, 0.25) is 0 Å². The molecule has 0 unspecified atom stereocenters. The van der Waals surface area contributed by atoms with Crippen LogP contribution in [-0.4, -0.2) is 18.1 Å². The van der Waals surface area contributed by atoms with Crippen molar-refractivity contribution in [2.75, 3.05) is 0 Å². The summed E-state index contributed by atoms with van der Waals surface area (Å²) in [4.78, 5) is 10.0. The molecule has 0 saturated heterocycles. The van der Waals surface area contributed by atoms with Crippen LogP contribution < -0.4 is 0 Å². The second-order valence-electron chi connectivity index (χ2n) is 1.85. The first-order valence-corrected chi connectivity index (χ1v) is 3.68. The summed E-state index contributed by atoms with van der Waals surface area (Å²) >= 11 is 0.619. The molecule has 0 aromatic rings. The molecule has 0 spiro atoms. The van der Waals surface area contributed by atoms with Crippen molar-refractivity contribution < 1.29 is 31.1 Å². The lowest BCUT2D eigenvalue weighted by Gasteiger charge is -2.05. The molecular weight excluding hydrogens is 317 g/mol. The normalized spacial score (nSPS) is 14.5. The molecule has 8 heteroatoms. The summed E-state index contributed by atoms with van der Waals surface area (Å²) in [6.45, 7) is 0. The van der Waals surface area contributed by atoms with E-state index in [2.05, 4.69) is 0 Å². The van der Waals surface area contributed by atoms with E-state index in [-0.39, 0.29) is 0 Å². The largest absolute Gasteiger partial charge is 0.454 e. The number of halogens is 7. The van der Waals surface area contributed by atoms with Crippen LogP contribution >= 0.6 is 22.6 Å². The Morgan fingerprint density at radius 3 is 1.62 bits per heavy atom. The van der Waals surface area contributed by atoms with Crippen LogP contribution in [0.25, 0.3) is 0 Å². The molecular formula is C5HF6IO. The standard InChI is InChI=1S/C5HF6IO/c6-4(7,8)2(12)1-3(13)5(9,10)11/h1H/b2-1-. The average molecular weight is 318 g/mol. The molecule has 76 valence electrons. The van der Waals surface area contributed by atoms with Gasteiger partial charge in [-0.3, -0.25) is 4.79 Å². The molecule has 0 amide bonds. The molecule has 0 saturated carbocycles. The van der Waals surface area contributed by atoms with Crippen molar-refractivity contribution in [2.45, 2.75) is 12.4 Å². The highest BCUT2D eigenvalue weighted by Gasteiger charge is 2.40. The fraction of sp³-hybridized carbons (Fsp3) is 0.400. The van der Waals surface area contributed by atoms with Crippen molar-refractivity contribution in [3.63, 3.8) is 0 Å². The van der Waals surface area contributed by atoms with E-state index in [1.165, 1.54) is 0 Å². The Labute approximate surface area is 81.9 Å². The third-order valence-corrected chi connectivity index (χ3v) is 1.73. The molecule has 1 nitrogen and oxygen atoms in total. The van der Waals surface area contributed by atoms with Crippen LogP contribution in [-0.2, 0) is 4.79 Å². The summed E-state index contributed by atoms with van der Waals surface area (Å²) in [5.41, 5.74) is 0. The lowest BCUT2D eigenvalue weighted by Crippen LogP contribution is -2.21. The predicted octanol–water partition coefficient (Wildman–Crippen LogP) is 3.00. The second-order valence-corrected chi connectivity index (χ2v) is 3.01. The van der Waals surface area contributed by atoms with Crippen molar-refractivity contribution in [3.8, 4) is 0 Å². The quantitative estimate of drug-likeness (QED) is 0.413. The molecule has 0 rings (SSSR count). The number of carbonyl (C=O) groups excluding carboxylic acids is 1. The summed E-state index contributed by atoms with van der Waals surface area (Å²) in [6, 6.07) is 0. The molecule has 0 bridgehead atoms. The van der Waals surface area contributed by atoms with E-state index in [0.29, 0.717) is 22.6 Å². The third-order valence-electron chi connectivity index (χ3n) is 0.808. The molecule has 0 N–H and O–H groups in total. The zero-order valence-corrected chi connectivity index (χ0v) is 7.79. The molecule has 0 fully saturated rings. The zero-order valence-electron chi connectivity index (χ0n) is 5.63. The Balaban J connectivity index is 4.70. The first kappa shape index (κ1) is 12.7. The van der Waals surface area contributed by atoms with Crippen molar-refractivity contribution in [1.82, 2.24) is 0 Å². The van der Waals surface area contributed by atoms with Gasteiger partial charge in [0.1, 0.15) is 0 Å². The van der Waals surface area contributed by atoms with Crippen molar-refractivity contribution in [1.29, 1.82) is 0 Å². The van der Waals surface area contributed by atoms with Crippen LogP contribution in [0.2, 0.25) is 0 Å². The van der Waals surface area contributed by atoms with Crippen molar-refractivity contribution in [2.24, 2.45) is 0 Å². The van der Waals surface area contributed by atoms with Gasteiger partial charge >= 0.3 is 12.4 Å². The van der Waals surface area contributed by atoms with E-state index < -0.39 is 27.8 Å². The topological polar surface area (TPSA) is 17.1 Å². The number of allylic oxidation sites excluding steroid dienone is 2. The fourth-order valence-corrected chi connectivity index (χ4v) is 0.562. The highest BCUT2D eigenvalue weighted by molar-refractivity contribution is 14.1. The van der Waals surface area contributed by atoms with Gasteiger partial charge in [-0.05, 0) is 22.6 Å². The predicted molar refractivity (Wildman–Crippen MR) is 39.2 cm³/mol. The van der Waals surface area contributed by atoms with Crippen LogP contribution in [0.5, 0.6) is 0 Å². The molecule has 0 heterocycles. The summed E-state index contributed by atoms with van der Waals surface area (Å²) in [7, 11) is 0. The van der Waals surface area contributed by atoms with E-state index in [0.717, 1.165) is 0 Å². The summed E-state index contributed by atoms with van der Waals surface area (Å²) in [6.07, 6.45) is -10.7. The Morgan fingerprint density at radius 1 is 1.00 bits per heavy atom. The molecule has 0 radical (unpaired) electrons. The number of hydrogen-bond acceptors (Lipinski definition) is 1. The summed E-state index contributed by atoms with van der Waals surface area (Å²) < 4.78 is 67.5. The lowest BCUT2D eigenvalue weighted by molar-refractivity contribution is -0.165. The van der Waals surface area contributed by atoms with Gasteiger partial charge in [0.05, 0.1) is 3.58 Å². The van der Waals surface area contributed by atoms with Crippen LogP contribution in [0.1, 0.15) is 0 Å². The highest BCUT2D eigenvalue weighted by Crippen LogP contribution is 2.31. The highest BCUT2D eigenvalue weighted by atomic mass is 127. The summed E-state index contributed by atoms with van der Waals surface area (Å²) in [5, 5.41) is 0. The van der Waals surface area contributed by atoms with Gasteiger partial charge < -0.3 is 0 Å². The second kappa shape index (κ2) is 3.84. The Hall–Kier alpha value is -0.280. The van der Waals surface area contributed by atoms with Crippen LogP contribution in [0.3, 0.4) is 0 Å². The molecule has 0 aliphatic rings. The van der Waals surface area contributed by atoms with E-state index in [1.54, 1.807) is 0 Å². The van der Waals surface area contributed by atoms with Gasteiger partial charge in [0.15, 0.2) is 0 Å². The van der Waals surface area contributed by atoms with Gasteiger partial charge in [0, 0.05) is 6.08 Å². The Bertz CT molecular complexity index is 236. The first-order chi connectivity index (χ1) is 5.55. The van der Waals surface area contributed by atoms with Crippen molar-refractivity contribution in [3.05, 3.63) is 9.66 Å². The minimum Gasteiger partial charge on any atom is -0.285 e. The maximum absolute atomic E-state index is 11.6. The summed E-state index contributed by atoms with van der Waals surface area (Å²) in [5.74, 6) is -2.52. The fourth-order valence-electron chi connectivity index (χ4n) is 0.279. The van der Waals surface area contributed by atoms with E-state index in [4.69, 9.17) is 0 Å². The number of alkyl halides is 6. The molecule has 13 heavy (non-hydrogen) atoms. The lowest BCUT2D eigenvalue weighted by atomic mass is 10.3. The minimum absolute atomic E-state index is 0.486. The number of ketones is 1. The van der Waals surface area contributed by atoms with Crippen LogP contribution in [0, 0.1) is 0 Å². The number of hydrogen-bond donors (Lipinski definition) is 0. The van der Waals surface area contributed by atoms with E-state index in [1.807, 2.05) is 0 Å². The van der Waals surface area contributed by atoms with E-state index >= 15 is 0 Å². The molecule has 0 aliphatic carbocycles. The molecule has 0 atom stereocenters.